The highest BCUT2D eigenvalue weighted by molar-refractivity contribution is 6.32. The Labute approximate surface area is 111 Å². The normalized spacial score (nSPS) is 11.1. The molecule has 2 rings (SSSR count). The average molecular weight is 266 g/mol. The predicted molar refractivity (Wildman–Crippen MR) is 74.4 cm³/mol. The Morgan fingerprint density at radius 2 is 2.06 bits per heavy atom. The molecule has 1 heterocycles. The van der Waals surface area contributed by atoms with Gasteiger partial charge in [0.2, 0.25) is 0 Å². The lowest BCUT2D eigenvalue weighted by Crippen LogP contribution is -2.23. The van der Waals surface area contributed by atoms with Crippen LogP contribution in [0.3, 0.4) is 0 Å². The van der Waals surface area contributed by atoms with E-state index in [4.69, 9.17) is 16.7 Å². The van der Waals surface area contributed by atoms with Crippen molar-refractivity contribution in [2.45, 2.75) is 26.8 Å². The van der Waals surface area contributed by atoms with E-state index in [1.165, 1.54) is 0 Å². The summed E-state index contributed by atoms with van der Waals surface area (Å²) >= 11 is 6.12. The molecule has 0 atom stereocenters. The smallest absolute Gasteiger partial charge is 0.253 e. The van der Waals surface area contributed by atoms with Crippen LogP contribution in [0, 0.1) is 13.8 Å². The van der Waals surface area contributed by atoms with Gasteiger partial charge in [-0.1, -0.05) is 17.7 Å². The van der Waals surface area contributed by atoms with E-state index >= 15 is 0 Å². The van der Waals surface area contributed by atoms with Crippen LogP contribution in [0.4, 0.5) is 0 Å². The Hall–Kier alpha value is -1.32. The van der Waals surface area contributed by atoms with Gasteiger partial charge in [0.25, 0.3) is 5.56 Å². The molecule has 4 heteroatoms. The molecule has 0 aliphatic heterocycles. The molecule has 0 radical (unpaired) electrons. The van der Waals surface area contributed by atoms with Gasteiger partial charge in [-0.15, -0.1) is 0 Å². The molecule has 0 fully saturated rings. The minimum absolute atomic E-state index is 0.0127. The van der Waals surface area contributed by atoms with Crippen LogP contribution in [0.5, 0.6) is 0 Å². The van der Waals surface area contributed by atoms with Gasteiger partial charge in [0.05, 0.1) is 5.52 Å². The Balaban J connectivity index is 2.81. The summed E-state index contributed by atoms with van der Waals surface area (Å²) in [6.07, 6.45) is 0.560. The molecule has 3 nitrogen and oxygen atoms in total. The van der Waals surface area contributed by atoms with Gasteiger partial charge in [0.1, 0.15) is 0 Å². The summed E-state index contributed by atoms with van der Waals surface area (Å²) in [4.78, 5) is 12.2. The molecule has 1 N–H and O–H groups in total. The molecule has 18 heavy (non-hydrogen) atoms. The molecule has 0 aliphatic rings. The van der Waals surface area contributed by atoms with Crippen LogP contribution in [0.2, 0.25) is 5.02 Å². The van der Waals surface area contributed by atoms with E-state index < -0.39 is 0 Å². The highest BCUT2D eigenvalue weighted by Gasteiger charge is 2.10. The third-order valence-corrected chi connectivity index (χ3v) is 3.57. The number of aromatic nitrogens is 1. The molecule has 0 spiro atoms. The van der Waals surface area contributed by atoms with Crippen LogP contribution < -0.4 is 5.56 Å². The van der Waals surface area contributed by atoms with Crippen molar-refractivity contribution in [3.8, 4) is 0 Å². The highest BCUT2D eigenvalue weighted by atomic mass is 35.5. The van der Waals surface area contributed by atoms with Gasteiger partial charge in [-0.05, 0) is 43.4 Å². The largest absolute Gasteiger partial charge is 0.396 e. The van der Waals surface area contributed by atoms with E-state index in [0.29, 0.717) is 23.6 Å². The average Bonchev–Trinajstić information content (AvgIpc) is 2.35. The molecule has 0 bridgehead atoms. The number of aryl methyl sites for hydroxylation is 3. The van der Waals surface area contributed by atoms with Crippen LogP contribution >= 0.6 is 11.6 Å². The first kappa shape index (κ1) is 13.1. The molecule has 0 unspecified atom stereocenters. The van der Waals surface area contributed by atoms with E-state index in [9.17, 15) is 4.79 Å². The maximum Gasteiger partial charge on any atom is 0.253 e. The Kier molecular flexibility index (Phi) is 3.73. The lowest BCUT2D eigenvalue weighted by molar-refractivity contribution is 0.280. The Morgan fingerprint density at radius 1 is 1.33 bits per heavy atom. The van der Waals surface area contributed by atoms with Gasteiger partial charge in [0, 0.05) is 23.7 Å². The van der Waals surface area contributed by atoms with Gasteiger partial charge >= 0.3 is 0 Å². The minimum atomic E-state index is -0.0127. The molecule has 2 aromatic rings. The van der Waals surface area contributed by atoms with Crippen LogP contribution in [-0.2, 0) is 6.54 Å². The number of rotatable bonds is 3. The molecular weight excluding hydrogens is 250 g/mol. The molecular formula is C14H16ClNO2. The van der Waals surface area contributed by atoms with Crippen LogP contribution in [0.25, 0.3) is 10.9 Å². The summed E-state index contributed by atoms with van der Waals surface area (Å²) in [6, 6.07) is 5.66. The number of hydrogen-bond donors (Lipinski definition) is 1. The zero-order chi connectivity index (χ0) is 13.3. The van der Waals surface area contributed by atoms with Crippen molar-refractivity contribution in [3.05, 3.63) is 44.7 Å². The minimum Gasteiger partial charge on any atom is -0.396 e. The second kappa shape index (κ2) is 5.12. The van der Waals surface area contributed by atoms with Crippen LogP contribution in [0.1, 0.15) is 17.5 Å². The molecule has 96 valence electrons. The van der Waals surface area contributed by atoms with Crippen molar-refractivity contribution in [2.24, 2.45) is 0 Å². The molecule has 0 aliphatic carbocycles. The van der Waals surface area contributed by atoms with E-state index in [2.05, 4.69) is 0 Å². The first-order chi connectivity index (χ1) is 8.56. The van der Waals surface area contributed by atoms with Crippen LogP contribution in [-0.4, -0.2) is 16.3 Å². The van der Waals surface area contributed by atoms with Gasteiger partial charge in [0.15, 0.2) is 0 Å². The molecule has 0 amide bonds. The van der Waals surface area contributed by atoms with E-state index in [1.54, 1.807) is 11.5 Å². The van der Waals surface area contributed by atoms with Crippen molar-refractivity contribution >= 4 is 22.5 Å². The number of benzene rings is 1. The maximum absolute atomic E-state index is 12.2. The topological polar surface area (TPSA) is 42.2 Å². The zero-order valence-corrected chi connectivity index (χ0v) is 11.3. The van der Waals surface area contributed by atoms with E-state index in [1.807, 2.05) is 25.1 Å². The monoisotopic (exact) mass is 265 g/mol. The van der Waals surface area contributed by atoms with E-state index in [0.717, 1.165) is 16.5 Å². The van der Waals surface area contributed by atoms with Crippen LogP contribution in [0.15, 0.2) is 23.0 Å². The van der Waals surface area contributed by atoms with Crippen molar-refractivity contribution < 1.29 is 5.11 Å². The molecule has 1 aromatic carbocycles. The van der Waals surface area contributed by atoms with Gasteiger partial charge in [-0.25, -0.2) is 0 Å². The Morgan fingerprint density at radius 3 is 2.72 bits per heavy atom. The highest BCUT2D eigenvalue weighted by Crippen LogP contribution is 2.25. The quantitative estimate of drug-likeness (QED) is 0.927. The van der Waals surface area contributed by atoms with Crippen molar-refractivity contribution in [3.63, 3.8) is 0 Å². The SMILES string of the molecule is Cc1cc2ccc(Cl)c(C)c2n(CCCO)c1=O. The fourth-order valence-electron chi connectivity index (χ4n) is 2.22. The Bertz CT molecular complexity index is 646. The summed E-state index contributed by atoms with van der Waals surface area (Å²) in [7, 11) is 0. The van der Waals surface area contributed by atoms with Gasteiger partial charge < -0.3 is 9.67 Å². The molecule has 0 saturated carbocycles. The van der Waals surface area contributed by atoms with Crippen molar-refractivity contribution in [1.29, 1.82) is 0 Å². The number of pyridine rings is 1. The summed E-state index contributed by atoms with van der Waals surface area (Å²) in [5.41, 5.74) is 2.47. The summed E-state index contributed by atoms with van der Waals surface area (Å²) in [5.74, 6) is 0. The van der Waals surface area contributed by atoms with E-state index in [-0.39, 0.29) is 12.2 Å². The molecule has 1 aromatic heterocycles. The molecule has 0 saturated heterocycles. The number of aliphatic hydroxyl groups is 1. The second-order valence-electron chi connectivity index (χ2n) is 4.47. The third kappa shape index (κ3) is 2.16. The predicted octanol–water partition coefficient (Wildman–Crippen LogP) is 2.65. The van der Waals surface area contributed by atoms with Crippen molar-refractivity contribution in [2.75, 3.05) is 6.61 Å². The number of aliphatic hydroxyl groups excluding tert-OH is 1. The summed E-state index contributed by atoms with van der Waals surface area (Å²) in [6.45, 7) is 4.30. The lowest BCUT2D eigenvalue weighted by Gasteiger charge is -2.14. The lowest BCUT2D eigenvalue weighted by atomic mass is 10.1. The summed E-state index contributed by atoms with van der Waals surface area (Å²) in [5, 5.41) is 10.6. The fourth-order valence-corrected chi connectivity index (χ4v) is 2.38. The first-order valence-corrected chi connectivity index (χ1v) is 6.34. The zero-order valence-electron chi connectivity index (χ0n) is 10.5. The number of halogens is 1. The van der Waals surface area contributed by atoms with Gasteiger partial charge in [-0.3, -0.25) is 4.79 Å². The number of hydrogen-bond acceptors (Lipinski definition) is 2. The first-order valence-electron chi connectivity index (χ1n) is 5.96. The van der Waals surface area contributed by atoms with Gasteiger partial charge in [-0.2, -0.15) is 0 Å². The van der Waals surface area contributed by atoms with Crippen molar-refractivity contribution in [1.82, 2.24) is 4.57 Å². The fraction of sp³-hybridized carbons (Fsp3) is 0.357. The number of nitrogens with zero attached hydrogens (tertiary/aromatic N) is 1. The second-order valence-corrected chi connectivity index (χ2v) is 4.88. The number of fused-ring (bicyclic) bond motifs is 1. The third-order valence-electron chi connectivity index (χ3n) is 3.16. The maximum atomic E-state index is 12.2. The summed E-state index contributed by atoms with van der Waals surface area (Å²) < 4.78 is 1.71. The standard InChI is InChI=1S/C14H16ClNO2/c1-9-8-11-4-5-12(15)10(2)13(11)16(14(9)18)6-3-7-17/h4-5,8,17H,3,6-7H2,1-2H3.